The van der Waals surface area contributed by atoms with Gasteiger partial charge in [0.1, 0.15) is 12.6 Å². The lowest BCUT2D eigenvalue weighted by molar-refractivity contribution is -0.149. The molecule has 0 aromatic heterocycles. The molecule has 39 heavy (non-hydrogen) atoms. The molecule has 2 aromatic rings. The number of fused-ring (bicyclic) bond motifs is 1. The van der Waals surface area contributed by atoms with Crippen LogP contribution in [0.5, 0.6) is 0 Å². The Bertz CT molecular complexity index is 1020. The Hall–Kier alpha value is -2.27. The predicted molar refractivity (Wildman–Crippen MR) is 163 cm³/mol. The first-order valence-corrected chi connectivity index (χ1v) is 13.2. The van der Waals surface area contributed by atoms with E-state index in [2.05, 4.69) is 5.32 Å². The predicted octanol–water partition coefficient (Wildman–Crippen LogP) is 3.87. The molecule has 216 valence electrons. The van der Waals surface area contributed by atoms with Crippen molar-refractivity contribution in [2.24, 2.45) is 5.73 Å². The number of unbranched alkanes of at least 4 members (excludes halogenated alkanes) is 1. The molecule has 1 aliphatic rings. The van der Waals surface area contributed by atoms with Gasteiger partial charge in [-0.2, -0.15) is 0 Å². The Morgan fingerprint density at radius 3 is 2.15 bits per heavy atom. The van der Waals surface area contributed by atoms with E-state index in [-0.39, 0.29) is 59.1 Å². The number of ether oxygens (including phenoxy) is 1. The van der Waals surface area contributed by atoms with Gasteiger partial charge in [0.25, 0.3) is 0 Å². The molecule has 0 unspecified atom stereocenters. The summed E-state index contributed by atoms with van der Waals surface area (Å²) < 4.78 is 5.33. The summed E-state index contributed by atoms with van der Waals surface area (Å²) in [6.07, 6.45) is 4.18. The van der Waals surface area contributed by atoms with Crippen LogP contribution in [0.25, 0.3) is 0 Å². The molecule has 0 saturated carbocycles. The smallest absolute Gasteiger partial charge is 0.323 e. The number of carboxylic acids is 1. The first-order valence-electron chi connectivity index (χ1n) is 13.2. The van der Waals surface area contributed by atoms with E-state index < -0.39 is 24.0 Å². The standard InChI is InChI=1S/C29H39N3O5.2BrH/c1-2-37-29(36)26(16-15-21-10-4-3-5-11-21)31-25(14-8-9-17-30)28(35)32(20-27(33)34)24-18-22-12-6-7-13-23(22)19-24;;/h3-7,10-13,24-26,31H,2,8-9,14-20,30H2,1H3,(H,33,34);2*1H/t25-,26+;;/m0../s1. The summed E-state index contributed by atoms with van der Waals surface area (Å²) in [7, 11) is 0. The molecule has 1 amide bonds. The number of nitrogens with two attached hydrogens (primary N) is 1. The minimum absolute atomic E-state index is 0. The van der Waals surface area contributed by atoms with Crippen molar-refractivity contribution in [2.75, 3.05) is 19.7 Å². The van der Waals surface area contributed by atoms with E-state index in [4.69, 9.17) is 10.5 Å². The molecule has 8 nitrogen and oxygen atoms in total. The second kappa shape index (κ2) is 18.1. The van der Waals surface area contributed by atoms with Crippen LogP contribution >= 0.6 is 34.0 Å². The van der Waals surface area contributed by atoms with Gasteiger partial charge in [-0.1, -0.05) is 61.0 Å². The van der Waals surface area contributed by atoms with E-state index in [0.29, 0.717) is 45.1 Å². The maximum atomic E-state index is 13.9. The average Bonchev–Trinajstić information content (AvgIpc) is 3.33. The number of aliphatic carboxylic acids is 1. The third-order valence-corrected chi connectivity index (χ3v) is 6.84. The van der Waals surface area contributed by atoms with E-state index in [0.717, 1.165) is 23.1 Å². The number of nitrogens with one attached hydrogen (secondary N) is 1. The zero-order chi connectivity index (χ0) is 26.6. The summed E-state index contributed by atoms with van der Waals surface area (Å²) in [6.45, 7) is 2.09. The molecular formula is C29H41Br2N3O5. The van der Waals surface area contributed by atoms with Gasteiger partial charge in [-0.25, -0.2) is 0 Å². The fraction of sp³-hybridized carbons (Fsp3) is 0.483. The van der Waals surface area contributed by atoms with Crippen LogP contribution < -0.4 is 11.1 Å². The van der Waals surface area contributed by atoms with Gasteiger partial charge in [-0.3, -0.25) is 19.7 Å². The Balaban J connectivity index is 0.00000380. The molecule has 3 rings (SSSR count). The number of hydrogen-bond acceptors (Lipinski definition) is 6. The van der Waals surface area contributed by atoms with Gasteiger partial charge in [0.2, 0.25) is 5.91 Å². The van der Waals surface area contributed by atoms with E-state index in [1.54, 1.807) is 6.92 Å². The van der Waals surface area contributed by atoms with Crippen LogP contribution in [0.1, 0.15) is 49.3 Å². The van der Waals surface area contributed by atoms with Crippen LogP contribution in [0.3, 0.4) is 0 Å². The van der Waals surface area contributed by atoms with Crippen LogP contribution in [0.4, 0.5) is 0 Å². The second-order valence-electron chi connectivity index (χ2n) is 9.52. The van der Waals surface area contributed by atoms with Gasteiger partial charge in [-0.05, 0) is 68.7 Å². The second-order valence-corrected chi connectivity index (χ2v) is 9.52. The third-order valence-electron chi connectivity index (χ3n) is 6.84. The maximum absolute atomic E-state index is 13.9. The van der Waals surface area contributed by atoms with Crippen molar-refractivity contribution in [3.05, 3.63) is 71.3 Å². The van der Waals surface area contributed by atoms with Crippen molar-refractivity contribution in [2.45, 2.75) is 70.0 Å². The van der Waals surface area contributed by atoms with E-state index in [9.17, 15) is 19.5 Å². The molecule has 2 atom stereocenters. The number of esters is 1. The lowest BCUT2D eigenvalue weighted by Gasteiger charge is -2.33. The highest BCUT2D eigenvalue weighted by atomic mass is 79.9. The topological polar surface area (TPSA) is 122 Å². The summed E-state index contributed by atoms with van der Waals surface area (Å²) in [5.41, 5.74) is 9.05. The number of aryl methyl sites for hydroxylation is 1. The molecule has 0 heterocycles. The summed E-state index contributed by atoms with van der Waals surface area (Å²) in [5, 5.41) is 12.9. The van der Waals surface area contributed by atoms with Crippen LogP contribution in [-0.2, 0) is 38.4 Å². The van der Waals surface area contributed by atoms with Crippen molar-refractivity contribution in [3.8, 4) is 0 Å². The van der Waals surface area contributed by atoms with Gasteiger partial charge in [-0.15, -0.1) is 34.0 Å². The number of carboxylic acid groups (broad SMARTS) is 1. The number of halogens is 2. The van der Waals surface area contributed by atoms with E-state index in [1.165, 1.54) is 4.90 Å². The van der Waals surface area contributed by atoms with Gasteiger partial charge >= 0.3 is 11.9 Å². The molecule has 1 aliphatic carbocycles. The summed E-state index contributed by atoms with van der Waals surface area (Å²) >= 11 is 0. The molecule has 0 spiro atoms. The highest BCUT2D eigenvalue weighted by molar-refractivity contribution is 8.93. The number of nitrogens with zero attached hydrogens (tertiary/aromatic N) is 1. The Morgan fingerprint density at radius 1 is 0.974 bits per heavy atom. The van der Waals surface area contributed by atoms with Crippen LogP contribution in [0.15, 0.2) is 54.6 Å². The zero-order valence-corrected chi connectivity index (χ0v) is 25.8. The molecular weight excluding hydrogens is 630 g/mol. The lowest BCUT2D eigenvalue weighted by Crippen LogP contribution is -2.56. The molecule has 0 fully saturated rings. The van der Waals surface area contributed by atoms with Crippen molar-refractivity contribution >= 4 is 51.8 Å². The number of benzene rings is 2. The Kier molecular flexibility index (Phi) is 16.2. The van der Waals surface area contributed by atoms with Crippen LogP contribution in [0.2, 0.25) is 0 Å². The van der Waals surface area contributed by atoms with Gasteiger partial charge in [0.05, 0.1) is 12.6 Å². The van der Waals surface area contributed by atoms with Gasteiger partial charge in [0, 0.05) is 6.04 Å². The van der Waals surface area contributed by atoms with Crippen molar-refractivity contribution < 1.29 is 24.2 Å². The Morgan fingerprint density at radius 2 is 1.59 bits per heavy atom. The average molecular weight is 671 g/mol. The minimum Gasteiger partial charge on any atom is -0.480 e. The Labute approximate surface area is 252 Å². The normalized spacial score (nSPS) is 13.8. The number of rotatable bonds is 15. The zero-order valence-electron chi connectivity index (χ0n) is 22.4. The monoisotopic (exact) mass is 669 g/mol. The summed E-state index contributed by atoms with van der Waals surface area (Å²) in [6, 6.07) is 16.1. The fourth-order valence-corrected chi connectivity index (χ4v) is 4.97. The first-order chi connectivity index (χ1) is 17.9. The molecule has 0 bridgehead atoms. The van der Waals surface area contributed by atoms with E-state index in [1.807, 2.05) is 54.6 Å². The van der Waals surface area contributed by atoms with Crippen molar-refractivity contribution in [1.29, 1.82) is 0 Å². The number of hydrogen-bond donors (Lipinski definition) is 3. The SMILES string of the molecule is Br.Br.CCOC(=O)[C@@H](CCc1ccccc1)N[C@@H](CCCCN)C(=O)N(CC(=O)O)C1Cc2ccccc2C1. The lowest BCUT2D eigenvalue weighted by atomic mass is 10.0. The third kappa shape index (κ3) is 10.7. The van der Waals surface area contributed by atoms with Gasteiger partial charge in [0.15, 0.2) is 0 Å². The number of carbonyl (C=O) groups excluding carboxylic acids is 2. The fourth-order valence-electron chi connectivity index (χ4n) is 4.97. The highest BCUT2D eigenvalue weighted by Gasteiger charge is 2.36. The molecule has 10 heteroatoms. The molecule has 0 aliphatic heterocycles. The number of carbonyl (C=O) groups is 3. The minimum atomic E-state index is -1.06. The molecule has 0 radical (unpaired) electrons. The van der Waals surface area contributed by atoms with Crippen molar-refractivity contribution in [3.63, 3.8) is 0 Å². The van der Waals surface area contributed by atoms with E-state index >= 15 is 0 Å². The molecule has 2 aromatic carbocycles. The number of amides is 1. The quantitative estimate of drug-likeness (QED) is 0.194. The van der Waals surface area contributed by atoms with Gasteiger partial charge < -0.3 is 20.5 Å². The molecule has 4 N–H and O–H groups in total. The maximum Gasteiger partial charge on any atom is 0.323 e. The highest BCUT2D eigenvalue weighted by Crippen LogP contribution is 2.26. The molecule has 0 saturated heterocycles. The first kappa shape index (κ1) is 34.8. The van der Waals surface area contributed by atoms with Crippen molar-refractivity contribution in [1.82, 2.24) is 10.2 Å². The largest absolute Gasteiger partial charge is 0.480 e. The summed E-state index contributed by atoms with van der Waals surface area (Å²) in [5.74, 6) is -1.77. The van der Waals surface area contributed by atoms with Crippen LogP contribution in [0, 0.1) is 0 Å². The van der Waals surface area contributed by atoms with Crippen LogP contribution in [-0.4, -0.2) is 65.7 Å². The summed E-state index contributed by atoms with van der Waals surface area (Å²) in [4.78, 5) is 40.1.